The molecular formula is C18H18ClN7O2. The molecule has 1 fully saturated rings. The van der Waals surface area contributed by atoms with Gasteiger partial charge in [-0.25, -0.2) is 14.6 Å². The number of hydrogen-bond donors (Lipinski definition) is 3. The number of carbonyl (C=O) groups excluding carboxylic acids is 1. The van der Waals surface area contributed by atoms with E-state index in [9.17, 15) is 9.59 Å². The number of carbonyl (C=O) groups is 1. The summed E-state index contributed by atoms with van der Waals surface area (Å²) in [4.78, 5) is 37.5. The number of fused-ring (bicyclic) bond motifs is 4. The fourth-order valence-corrected chi connectivity index (χ4v) is 4.33. The highest BCUT2D eigenvalue weighted by atomic mass is 35.5. The van der Waals surface area contributed by atoms with Crippen molar-refractivity contribution >= 4 is 40.0 Å². The summed E-state index contributed by atoms with van der Waals surface area (Å²) in [5, 5.41) is 8.93. The van der Waals surface area contributed by atoms with Gasteiger partial charge in [-0.3, -0.25) is 14.6 Å². The third-order valence-electron chi connectivity index (χ3n) is 5.43. The SMILES string of the molecule is C[C@@]12CCCCN1n1c(c(Cl)cc(Nc3ncnc4[nH]ccc34)c1=O)C(=O)N2. The molecule has 3 N–H and O–H groups in total. The van der Waals surface area contributed by atoms with Crippen LogP contribution in [0.2, 0.25) is 5.02 Å². The maximum absolute atomic E-state index is 13.4. The van der Waals surface area contributed by atoms with Crippen molar-refractivity contribution in [2.45, 2.75) is 31.8 Å². The molecule has 0 radical (unpaired) electrons. The van der Waals surface area contributed by atoms with E-state index < -0.39 is 5.66 Å². The van der Waals surface area contributed by atoms with Gasteiger partial charge in [0.25, 0.3) is 11.5 Å². The van der Waals surface area contributed by atoms with Gasteiger partial charge in [-0.05, 0) is 38.3 Å². The molecule has 10 heteroatoms. The largest absolute Gasteiger partial charge is 0.346 e. The second kappa shape index (κ2) is 5.96. The minimum Gasteiger partial charge on any atom is -0.346 e. The van der Waals surface area contributed by atoms with Gasteiger partial charge >= 0.3 is 0 Å². The van der Waals surface area contributed by atoms with Crippen LogP contribution in [-0.2, 0) is 0 Å². The van der Waals surface area contributed by atoms with Crippen molar-refractivity contribution in [3.63, 3.8) is 0 Å². The summed E-state index contributed by atoms with van der Waals surface area (Å²) < 4.78 is 1.41. The van der Waals surface area contributed by atoms with Crippen molar-refractivity contribution in [2.75, 3.05) is 16.9 Å². The number of piperidine rings is 1. The molecule has 144 valence electrons. The minimum absolute atomic E-state index is 0.158. The molecule has 1 saturated heterocycles. The average molecular weight is 400 g/mol. The molecule has 0 unspecified atom stereocenters. The zero-order valence-electron chi connectivity index (χ0n) is 15.1. The summed E-state index contributed by atoms with van der Waals surface area (Å²) in [5.41, 5.74) is 0.106. The molecule has 0 aliphatic carbocycles. The summed E-state index contributed by atoms with van der Waals surface area (Å²) in [5.74, 6) is 0.144. The van der Waals surface area contributed by atoms with Crippen molar-refractivity contribution in [3.05, 3.63) is 45.7 Å². The van der Waals surface area contributed by atoms with E-state index in [1.165, 1.54) is 17.1 Å². The molecule has 0 saturated carbocycles. The smallest absolute Gasteiger partial charge is 0.293 e. The number of aromatic nitrogens is 4. The van der Waals surface area contributed by atoms with Gasteiger partial charge in [0.15, 0.2) is 0 Å². The first kappa shape index (κ1) is 17.1. The predicted octanol–water partition coefficient (Wildman–Crippen LogP) is 2.10. The van der Waals surface area contributed by atoms with Crippen molar-refractivity contribution < 1.29 is 4.79 Å². The van der Waals surface area contributed by atoms with E-state index in [1.807, 2.05) is 18.0 Å². The lowest BCUT2D eigenvalue weighted by Crippen LogP contribution is -2.71. The van der Waals surface area contributed by atoms with Gasteiger partial charge in [0.05, 0.1) is 10.4 Å². The van der Waals surface area contributed by atoms with Gasteiger partial charge in [-0.1, -0.05) is 11.6 Å². The summed E-state index contributed by atoms with van der Waals surface area (Å²) in [6.45, 7) is 2.58. The maximum Gasteiger partial charge on any atom is 0.293 e. The summed E-state index contributed by atoms with van der Waals surface area (Å²) in [6.07, 6.45) is 5.84. The molecule has 28 heavy (non-hydrogen) atoms. The van der Waals surface area contributed by atoms with Crippen molar-refractivity contribution in [2.24, 2.45) is 0 Å². The van der Waals surface area contributed by atoms with Crippen LogP contribution in [0.25, 0.3) is 11.0 Å². The monoisotopic (exact) mass is 399 g/mol. The Labute approximate surface area is 164 Å². The molecule has 0 spiro atoms. The highest BCUT2D eigenvalue weighted by Gasteiger charge is 2.43. The molecule has 0 aromatic carbocycles. The van der Waals surface area contributed by atoms with Crippen LogP contribution >= 0.6 is 11.6 Å². The summed E-state index contributed by atoms with van der Waals surface area (Å²) >= 11 is 6.43. The van der Waals surface area contributed by atoms with E-state index in [4.69, 9.17) is 11.6 Å². The maximum atomic E-state index is 13.4. The molecule has 2 aliphatic rings. The number of H-pyrrole nitrogens is 1. The molecule has 5 rings (SSSR count). The van der Waals surface area contributed by atoms with Crippen LogP contribution in [0.5, 0.6) is 0 Å². The van der Waals surface area contributed by atoms with Crippen LogP contribution in [0, 0.1) is 0 Å². The molecule has 1 amide bonds. The number of anilines is 2. The Morgan fingerprint density at radius 2 is 2.14 bits per heavy atom. The number of hydrogen-bond acceptors (Lipinski definition) is 6. The number of rotatable bonds is 2. The highest BCUT2D eigenvalue weighted by molar-refractivity contribution is 6.34. The number of nitrogens with zero attached hydrogens (tertiary/aromatic N) is 4. The van der Waals surface area contributed by atoms with E-state index in [0.29, 0.717) is 18.0 Å². The quantitative estimate of drug-likeness (QED) is 0.609. The average Bonchev–Trinajstić information content (AvgIpc) is 3.14. The third kappa shape index (κ3) is 2.39. The van der Waals surface area contributed by atoms with Crippen LogP contribution in [0.4, 0.5) is 11.5 Å². The van der Waals surface area contributed by atoms with Crippen LogP contribution in [-0.4, -0.2) is 37.7 Å². The Hall–Kier alpha value is -3.07. The van der Waals surface area contributed by atoms with Gasteiger partial charge in [0.2, 0.25) is 0 Å². The zero-order valence-corrected chi connectivity index (χ0v) is 15.9. The fourth-order valence-electron chi connectivity index (χ4n) is 4.06. The van der Waals surface area contributed by atoms with Crippen LogP contribution in [0.15, 0.2) is 29.5 Å². The lowest BCUT2D eigenvalue weighted by Gasteiger charge is -2.50. The lowest BCUT2D eigenvalue weighted by atomic mass is 9.97. The van der Waals surface area contributed by atoms with Gasteiger partial charge in [0.1, 0.15) is 34.8 Å². The number of nitrogens with one attached hydrogen (secondary N) is 3. The normalized spacial score (nSPS) is 21.2. The van der Waals surface area contributed by atoms with Crippen LogP contribution < -0.4 is 21.2 Å². The lowest BCUT2D eigenvalue weighted by molar-refractivity contribution is 0.0800. The first-order chi connectivity index (χ1) is 13.5. The second-order valence-electron chi connectivity index (χ2n) is 7.27. The van der Waals surface area contributed by atoms with Gasteiger partial charge in [-0.15, -0.1) is 0 Å². The Morgan fingerprint density at radius 1 is 1.29 bits per heavy atom. The van der Waals surface area contributed by atoms with Gasteiger partial charge in [-0.2, -0.15) is 0 Å². The van der Waals surface area contributed by atoms with Gasteiger partial charge in [0, 0.05) is 12.7 Å². The number of aromatic amines is 1. The molecule has 3 aromatic rings. The Bertz CT molecular complexity index is 1170. The third-order valence-corrected chi connectivity index (χ3v) is 5.72. The molecular weight excluding hydrogens is 382 g/mol. The topological polar surface area (TPSA) is 108 Å². The fraction of sp³-hybridized carbons (Fsp3) is 0.333. The number of amides is 1. The predicted molar refractivity (Wildman–Crippen MR) is 106 cm³/mol. The number of halogens is 1. The second-order valence-corrected chi connectivity index (χ2v) is 7.67. The molecule has 5 heterocycles. The molecule has 2 aliphatic heterocycles. The first-order valence-corrected chi connectivity index (χ1v) is 9.47. The molecule has 9 nitrogen and oxygen atoms in total. The molecule has 0 bridgehead atoms. The van der Waals surface area contributed by atoms with E-state index in [0.717, 1.165) is 24.6 Å². The van der Waals surface area contributed by atoms with Crippen molar-refractivity contribution in [1.29, 1.82) is 0 Å². The van der Waals surface area contributed by atoms with E-state index in [2.05, 4.69) is 25.6 Å². The minimum atomic E-state index is -0.614. The Balaban J connectivity index is 1.67. The number of pyridine rings is 1. The van der Waals surface area contributed by atoms with E-state index >= 15 is 0 Å². The van der Waals surface area contributed by atoms with E-state index in [-0.39, 0.29) is 27.9 Å². The van der Waals surface area contributed by atoms with Crippen molar-refractivity contribution in [1.82, 2.24) is 24.9 Å². The Kier molecular flexibility index (Phi) is 3.63. The first-order valence-electron chi connectivity index (χ1n) is 9.09. The summed E-state index contributed by atoms with van der Waals surface area (Å²) in [6, 6.07) is 3.30. The van der Waals surface area contributed by atoms with Crippen molar-refractivity contribution in [3.8, 4) is 0 Å². The highest BCUT2D eigenvalue weighted by Crippen LogP contribution is 2.31. The molecule has 3 aromatic heterocycles. The van der Waals surface area contributed by atoms with E-state index in [1.54, 1.807) is 6.20 Å². The summed E-state index contributed by atoms with van der Waals surface area (Å²) in [7, 11) is 0. The van der Waals surface area contributed by atoms with Gasteiger partial charge < -0.3 is 15.6 Å². The zero-order chi connectivity index (χ0) is 19.5. The standard InChI is InChI=1S/C18H18ClN7O2/c1-18-5-2-3-7-25(18)26-13(16(27)24-18)11(19)8-12(17(26)28)23-15-10-4-6-20-14(10)21-9-22-15/h4,6,8-9H,2-3,5,7H2,1H3,(H,24,27)(H2,20,21,22,23)/t18-/m0/s1. The molecule has 1 atom stereocenters. The van der Waals surface area contributed by atoms with Crippen LogP contribution in [0.3, 0.4) is 0 Å². The van der Waals surface area contributed by atoms with Crippen LogP contribution in [0.1, 0.15) is 36.7 Å². The Morgan fingerprint density at radius 3 is 3.00 bits per heavy atom.